The molecule has 0 unspecified atom stereocenters. The van der Waals surface area contributed by atoms with Crippen molar-refractivity contribution >= 4 is 17.0 Å². The number of benzene rings is 1. The molecule has 0 atom stereocenters. The lowest BCUT2D eigenvalue weighted by Crippen LogP contribution is -2.56. The van der Waals surface area contributed by atoms with E-state index in [0.29, 0.717) is 6.04 Å². The first-order valence-electron chi connectivity index (χ1n) is 5.17. The molecule has 1 saturated heterocycles. The van der Waals surface area contributed by atoms with Gasteiger partial charge in [0.25, 0.3) is 0 Å². The van der Waals surface area contributed by atoms with Crippen molar-refractivity contribution in [2.45, 2.75) is 6.04 Å². The highest BCUT2D eigenvalue weighted by Gasteiger charge is 2.26. The van der Waals surface area contributed by atoms with Crippen molar-refractivity contribution < 1.29 is 0 Å². The van der Waals surface area contributed by atoms with E-state index in [1.807, 2.05) is 18.2 Å². The van der Waals surface area contributed by atoms with Crippen LogP contribution in [0, 0.1) is 0 Å². The zero-order valence-corrected chi connectivity index (χ0v) is 8.72. The van der Waals surface area contributed by atoms with Gasteiger partial charge in [0.05, 0.1) is 11.0 Å². The fourth-order valence-electron chi connectivity index (χ4n) is 2.09. The SMILES string of the molecule is Cn1c(N2CC(N)C2)nc2ccccc21. The normalized spacial score (nSPS) is 17.1. The molecule has 0 saturated carbocycles. The van der Waals surface area contributed by atoms with Crippen LogP contribution in [0.4, 0.5) is 5.95 Å². The van der Waals surface area contributed by atoms with Crippen molar-refractivity contribution in [2.75, 3.05) is 18.0 Å². The van der Waals surface area contributed by atoms with Crippen molar-refractivity contribution in [3.63, 3.8) is 0 Å². The lowest BCUT2D eigenvalue weighted by atomic mass is 10.1. The molecule has 0 radical (unpaired) electrons. The van der Waals surface area contributed by atoms with Gasteiger partial charge in [0.15, 0.2) is 0 Å². The summed E-state index contributed by atoms with van der Waals surface area (Å²) in [6, 6.07) is 8.49. The molecule has 2 heterocycles. The number of hydrogen-bond acceptors (Lipinski definition) is 3. The summed E-state index contributed by atoms with van der Waals surface area (Å²) in [6.45, 7) is 1.83. The molecule has 1 aliphatic heterocycles. The van der Waals surface area contributed by atoms with Gasteiger partial charge in [-0.15, -0.1) is 0 Å². The fraction of sp³-hybridized carbons (Fsp3) is 0.364. The summed E-state index contributed by atoms with van der Waals surface area (Å²) in [5.41, 5.74) is 8.00. The molecule has 1 aromatic heterocycles. The Labute approximate surface area is 88.3 Å². The number of fused-ring (bicyclic) bond motifs is 1. The zero-order chi connectivity index (χ0) is 10.4. The Morgan fingerprint density at radius 2 is 2.07 bits per heavy atom. The highest BCUT2D eigenvalue weighted by atomic mass is 15.3. The maximum absolute atomic E-state index is 5.77. The first-order chi connectivity index (χ1) is 7.25. The van der Waals surface area contributed by atoms with E-state index in [4.69, 9.17) is 5.73 Å². The number of aromatic nitrogens is 2. The molecule has 4 heteroatoms. The van der Waals surface area contributed by atoms with E-state index in [9.17, 15) is 0 Å². The van der Waals surface area contributed by atoms with Crippen LogP contribution in [0.3, 0.4) is 0 Å². The molecule has 1 aromatic carbocycles. The second-order valence-electron chi connectivity index (χ2n) is 4.12. The Morgan fingerprint density at radius 3 is 2.73 bits per heavy atom. The second-order valence-corrected chi connectivity index (χ2v) is 4.12. The summed E-state index contributed by atoms with van der Waals surface area (Å²) in [7, 11) is 2.05. The van der Waals surface area contributed by atoms with E-state index in [-0.39, 0.29) is 0 Å². The van der Waals surface area contributed by atoms with E-state index in [0.717, 1.165) is 24.6 Å². The second kappa shape index (κ2) is 2.97. The standard InChI is InChI=1S/C11H14N4/c1-14-10-5-3-2-4-9(10)13-11(14)15-6-8(12)7-15/h2-5,8H,6-7,12H2,1H3. The van der Waals surface area contributed by atoms with Crippen LogP contribution in [0.5, 0.6) is 0 Å². The van der Waals surface area contributed by atoms with E-state index in [2.05, 4.69) is 27.6 Å². The lowest BCUT2D eigenvalue weighted by Gasteiger charge is -2.37. The van der Waals surface area contributed by atoms with Crippen LogP contribution in [-0.4, -0.2) is 28.7 Å². The van der Waals surface area contributed by atoms with E-state index in [1.54, 1.807) is 0 Å². The summed E-state index contributed by atoms with van der Waals surface area (Å²) >= 11 is 0. The van der Waals surface area contributed by atoms with Crippen LogP contribution in [0.2, 0.25) is 0 Å². The topological polar surface area (TPSA) is 47.1 Å². The first kappa shape index (κ1) is 8.73. The Kier molecular flexibility index (Phi) is 1.73. The number of rotatable bonds is 1. The summed E-state index contributed by atoms with van der Waals surface area (Å²) in [5, 5.41) is 0. The Balaban J connectivity index is 2.08. The summed E-state index contributed by atoms with van der Waals surface area (Å²) in [4.78, 5) is 6.82. The highest BCUT2D eigenvalue weighted by Crippen LogP contribution is 2.23. The van der Waals surface area contributed by atoms with Gasteiger partial charge in [-0.1, -0.05) is 12.1 Å². The van der Waals surface area contributed by atoms with Gasteiger partial charge in [0.2, 0.25) is 5.95 Å². The molecule has 2 aromatic rings. The molecule has 15 heavy (non-hydrogen) atoms. The minimum Gasteiger partial charge on any atom is -0.339 e. The number of anilines is 1. The summed E-state index contributed by atoms with van der Waals surface area (Å²) < 4.78 is 2.13. The summed E-state index contributed by atoms with van der Waals surface area (Å²) in [6.07, 6.45) is 0. The largest absolute Gasteiger partial charge is 0.339 e. The number of para-hydroxylation sites is 2. The van der Waals surface area contributed by atoms with Gasteiger partial charge in [0, 0.05) is 26.2 Å². The molecule has 0 aliphatic carbocycles. The summed E-state index contributed by atoms with van der Waals surface area (Å²) in [5.74, 6) is 1.03. The zero-order valence-electron chi connectivity index (χ0n) is 8.72. The predicted octanol–water partition coefficient (Wildman–Crippen LogP) is 0.721. The minimum atomic E-state index is 0.310. The number of aryl methyl sites for hydroxylation is 1. The number of nitrogens with zero attached hydrogens (tertiary/aromatic N) is 3. The molecule has 0 amide bonds. The van der Waals surface area contributed by atoms with Gasteiger partial charge in [0.1, 0.15) is 0 Å². The van der Waals surface area contributed by atoms with E-state index in [1.165, 1.54) is 5.52 Å². The van der Waals surface area contributed by atoms with Gasteiger partial charge < -0.3 is 15.2 Å². The lowest BCUT2D eigenvalue weighted by molar-refractivity contribution is 0.504. The third kappa shape index (κ3) is 1.22. The van der Waals surface area contributed by atoms with Crippen LogP contribution in [-0.2, 0) is 7.05 Å². The van der Waals surface area contributed by atoms with Crippen molar-refractivity contribution in [1.82, 2.24) is 9.55 Å². The molecule has 0 bridgehead atoms. The molecular formula is C11H14N4. The van der Waals surface area contributed by atoms with Crippen LogP contribution in [0.1, 0.15) is 0 Å². The molecule has 3 rings (SSSR count). The predicted molar refractivity (Wildman–Crippen MR) is 60.9 cm³/mol. The van der Waals surface area contributed by atoms with E-state index >= 15 is 0 Å². The maximum Gasteiger partial charge on any atom is 0.206 e. The van der Waals surface area contributed by atoms with Crippen molar-refractivity contribution in [3.05, 3.63) is 24.3 Å². The molecule has 78 valence electrons. The van der Waals surface area contributed by atoms with Gasteiger partial charge in [-0.05, 0) is 12.1 Å². The average molecular weight is 202 g/mol. The van der Waals surface area contributed by atoms with Gasteiger partial charge in [-0.2, -0.15) is 0 Å². The maximum atomic E-state index is 5.77. The van der Waals surface area contributed by atoms with Crippen molar-refractivity contribution in [1.29, 1.82) is 0 Å². The quantitative estimate of drug-likeness (QED) is 0.741. The third-order valence-electron chi connectivity index (χ3n) is 2.96. The Morgan fingerprint density at radius 1 is 1.33 bits per heavy atom. The Hall–Kier alpha value is -1.55. The Bertz CT molecular complexity index is 496. The van der Waals surface area contributed by atoms with Gasteiger partial charge >= 0.3 is 0 Å². The van der Waals surface area contributed by atoms with Crippen LogP contribution in [0.25, 0.3) is 11.0 Å². The average Bonchev–Trinajstić information content (AvgIpc) is 2.52. The molecule has 2 N–H and O–H groups in total. The van der Waals surface area contributed by atoms with E-state index < -0.39 is 0 Å². The monoisotopic (exact) mass is 202 g/mol. The molecule has 1 aliphatic rings. The highest BCUT2D eigenvalue weighted by molar-refractivity contribution is 5.78. The number of imidazole rings is 1. The minimum absolute atomic E-state index is 0.310. The molecular weight excluding hydrogens is 188 g/mol. The number of nitrogens with two attached hydrogens (primary N) is 1. The number of hydrogen-bond donors (Lipinski definition) is 1. The van der Waals surface area contributed by atoms with Crippen molar-refractivity contribution in [2.24, 2.45) is 12.8 Å². The van der Waals surface area contributed by atoms with Crippen molar-refractivity contribution in [3.8, 4) is 0 Å². The van der Waals surface area contributed by atoms with Crippen LogP contribution < -0.4 is 10.6 Å². The smallest absolute Gasteiger partial charge is 0.206 e. The third-order valence-corrected chi connectivity index (χ3v) is 2.96. The molecule has 1 fully saturated rings. The van der Waals surface area contributed by atoms with Gasteiger partial charge in [-0.25, -0.2) is 4.98 Å². The molecule has 4 nitrogen and oxygen atoms in total. The van der Waals surface area contributed by atoms with Crippen LogP contribution in [0.15, 0.2) is 24.3 Å². The van der Waals surface area contributed by atoms with Gasteiger partial charge in [-0.3, -0.25) is 0 Å². The fourth-order valence-corrected chi connectivity index (χ4v) is 2.09. The molecule has 0 spiro atoms. The first-order valence-corrected chi connectivity index (χ1v) is 5.17. The van der Waals surface area contributed by atoms with Crippen LogP contribution >= 0.6 is 0 Å².